The van der Waals surface area contributed by atoms with Crippen LogP contribution in [0.2, 0.25) is 0 Å². The first kappa shape index (κ1) is 16.3. The zero-order valence-electron chi connectivity index (χ0n) is 15.2. The smallest absolute Gasteiger partial charge is 0.149 e. The van der Waals surface area contributed by atoms with Crippen LogP contribution in [0.5, 0.6) is 5.75 Å². The molecule has 5 rings (SSSR count). The van der Waals surface area contributed by atoms with Crippen molar-refractivity contribution in [2.75, 3.05) is 13.7 Å². The van der Waals surface area contributed by atoms with E-state index in [1.807, 2.05) is 30.3 Å². The molecule has 0 aromatic heterocycles. The second kappa shape index (κ2) is 5.54. The van der Waals surface area contributed by atoms with Crippen LogP contribution in [0.1, 0.15) is 25.0 Å². The van der Waals surface area contributed by atoms with Gasteiger partial charge in [0.05, 0.1) is 13.7 Å². The van der Waals surface area contributed by atoms with Gasteiger partial charge in [0.25, 0.3) is 0 Å². The van der Waals surface area contributed by atoms with Crippen molar-refractivity contribution < 1.29 is 18.9 Å². The minimum atomic E-state index is -0.564. The molecular formula is C21H23NO4. The average molecular weight is 353 g/mol. The molecule has 2 aromatic rings. The van der Waals surface area contributed by atoms with E-state index in [0.717, 1.165) is 16.9 Å². The first-order chi connectivity index (χ1) is 12.6. The van der Waals surface area contributed by atoms with Gasteiger partial charge >= 0.3 is 0 Å². The average Bonchev–Trinajstić information content (AvgIpc) is 3.31. The highest BCUT2D eigenvalue weighted by atomic mass is 16.7. The van der Waals surface area contributed by atoms with Gasteiger partial charge in [-0.05, 0) is 37.1 Å². The summed E-state index contributed by atoms with van der Waals surface area (Å²) in [6.07, 6.45) is -0.457. The van der Waals surface area contributed by atoms with E-state index in [-0.39, 0.29) is 18.7 Å². The SMILES string of the molecule is COc1ccc(C2(C)OC3N4C(COC42)OC3(C)c2ccccc2)cc1. The van der Waals surface area contributed by atoms with Gasteiger partial charge in [-0.15, -0.1) is 0 Å². The van der Waals surface area contributed by atoms with Crippen LogP contribution >= 0.6 is 0 Å². The van der Waals surface area contributed by atoms with Crippen molar-refractivity contribution in [2.45, 2.75) is 43.7 Å². The highest BCUT2D eigenvalue weighted by Crippen LogP contribution is 2.55. The van der Waals surface area contributed by atoms with Gasteiger partial charge in [0, 0.05) is 0 Å². The monoisotopic (exact) mass is 353 g/mol. The van der Waals surface area contributed by atoms with E-state index < -0.39 is 11.2 Å². The van der Waals surface area contributed by atoms with E-state index in [0.29, 0.717) is 6.61 Å². The molecule has 0 N–H and O–H groups in total. The van der Waals surface area contributed by atoms with Crippen molar-refractivity contribution >= 4 is 0 Å². The van der Waals surface area contributed by atoms with Gasteiger partial charge in [0.1, 0.15) is 35.6 Å². The third-order valence-electron chi connectivity index (χ3n) is 5.96. The second-order valence-electron chi connectivity index (χ2n) is 7.48. The summed E-state index contributed by atoms with van der Waals surface area (Å²) in [5, 5.41) is 0. The summed E-state index contributed by atoms with van der Waals surface area (Å²) >= 11 is 0. The van der Waals surface area contributed by atoms with Crippen LogP contribution in [0.15, 0.2) is 54.6 Å². The van der Waals surface area contributed by atoms with Gasteiger partial charge in [-0.1, -0.05) is 42.5 Å². The Morgan fingerprint density at radius 2 is 1.54 bits per heavy atom. The van der Waals surface area contributed by atoms with Crippen molar-refractivity contribution in [2.24, 2.45) is 0 Å². The van der Waals surface area contributed by atoms with Crippen molar-refractivity contribution in [3.05, 3.63) is 65.7 Å². The molecule has 0 radical (unpaired) electrons. The maximum absolute atomic E-state index is 6.67. The molecule has 0 amide bonds. The summed E-state index contributed by atoms with van der Waals surface area (Å²) in [4.78, 5) is 2.25. The van der Waals surface area contributed by atoms with Gasteiger partial charge in [0.15, 0.2) is 0 Å². The summed E-state index contributed by atoms with van der Waals surface area (Å²) in [5.41, 5.74) is 1.11. The number of benzene rings is 2. The lowest BCUT2D eigenvalue weighted by atomic mass is 9.94. The molecule has 26 heavy (non-hydrogen) atoms. The van der Waals surface area contributed by atoms with Crippen LogP contribution in [0.4, 0.5) is 0 Å². The molecule has 0 saturated carbocycles. The summed E-state index contributed by atoms with van der Waals surface area (Å²) < 4.78 is 24.5. The summed E-state index contributed by atoms with van der Waals surface area (Å²) in [5.74, 6) is 0.832. The van der Waals surface area contributed by atoms with Crippen LogP contribution in [0.25, 0.3) is 0 Å². The molecule has 3 fully saturated rings. The van der Waals surface area contributed by atoms with Gasteiger partial charge < -0.3 is 18.9 Å². The van der Waals surface area contributed by atoms with E-state index in [4.69, 9.17) is 18.9 Å². The largest absolute Gasteiger partial charge is 0.497 e. The van der Waals surface area contributed by atoms with E-state index in [1.165, 1.54) is 0 Å². The number of nitrogens with zero attached hydrogens (tertiary/aromatic N) is 1. The van der Waals surface area contributed by atoms with Crippen molar-refractivity contribution in [3.63, 3.8) is 0 Å². The molecule has 5 nitrogen and oxygen atoms in total. The topological polar surface area (TPSA) is 40.2 Å². The zero-order valence-corrected chi connectivity index (χ0v) is 15.2. The Balaban J connectivity index is 1.55. The third-order valence-corrected chi connectivity index (χ3v) is 5.96. The molecule has 0 spiro atoms. The number of hydrogen-bond donors (Lipinski definition) is 0. The van der Waals surface area contributed by atoms with Gasteiger partial charge in [-0.2, -0.15) is 0 Å². The molecular weight excluding hydrogens is 330 g/mol. The minimum absolute atomic E-state index is 0.0877. The Bertz CT molecular complexity index is 811. The molecule has 3 heterocycles. The van der Waals surface area contributed by atoms with E-state index >= 15 is 0 Å². The Hall–Kier alpha value is -1.92. The van der Waals surface area contributed by atoms with Crippen LogP contribution in [0, 0.1) is 0 Å². The molecule has 5 unspecified atom stereocenters. The summed E-state index contributed by atoms with van der Waals surface area (Å²) in [6, 6.07) is 18.3. The number of methoxy groups -OCH3 is 1. The predicted molar refractivity (Wildman–Crippen MR) is 95.5 cm³/mol. The molecule has 136 valence electrons. The lowest BCUT2D eigenvalue weighted by Gasteiger charge is -2.33. The third kappa shape index (κ3) is 2.06. The van der Waals surface area contributed by atoms with E-state index in [1.54, 1.807) is 7.11 Å². The van der Waals surface area contributed by atoms with Crippen molar-refractivity contribution in [3.8, 4) is 5.75 Å². The van der Waals surface area contributed by atoms with Crippen molar-refractivity contribution in [1.29, 1.82) is 0 Å². The second-order valence-corrected chi connectivity index (χ2v) is 7.48. The normalized spacial score (nSPS) is 38.5. The first-order valence-electron chi connectivity index (χ1n) is 9.01. The lowest BCUT2D eigenvalue weighted by molar-refractivity contribution is -0.138. The Morgan fingerprint density at radius 1 is 0.885 bits per heavy atom. The van der Waals surface area contributed by atoms with Crippen LogP contribution in [0.3, 0.4) is 0 Å². The van der Waals surface area contributed by atoms with E-state index in [2.05, 4.69) is 43.0 Å². The van der Waals surface area contributed by atoms with Crippen LogP contribution < -0.4 is 4.74 Å². The minimum Gasteiger partial charge on any atom is -0.497 e. The molecule has 3 saturated heterocycles. The summed E-state index contributed by atoms with van der Waals surface area (Å²) in [7, 11) is 1.67. The van der Waals surface area contributed by atoms with Crippen LogP contribution in [-0.4, -0.2) is 37.3 Å². The van der Waals surface area contributed by atoms with Gasteiger partial charge in [-0.25, -0.2) is 4.90 Å². The Kier molecular flexibility index (Phi) is 3.46. The van der Waals surface area contributed by atoms with Crippen molar-refractivity contribution in [1.82, 2.24) is 4.90 Å². The maximum Gasteiger partial charge on any atom is 0.149 e. The standard InChI is InChI=1S/C21H23NO4/c1-20(15-9-11-16(23-3)12-10-15)18-22-17(13-24-18)25-21(2,19(22)26-20)14-7-5-4-6-8-14/h4-12,17-19H,13H2,1-3H3. The number of ether oxygens (including phenoxy) is 4. The highest BCUT2D eigenvalue weighted by molar-refractivity contribution is 5.34. The molecule has 5 atom stereocenters. The molecule has 3 aliphatic heterocycles. The maximum atomic E-state index is 6.67. The Labute approximate surface area is 153 Å². The lowest BCUT2D eigenvalue weighted by Crippen LogP contribution is -2.40. The molecule has 0 aliphatic carbocycles. The first-order valence-corrected chi connectivity index (χ1v) is 9.01. The quantitative estimate of drug-likeness (QED) is 0.847. The molecule has 5 heteroatoms. The molecule has 3 aliphatic rings. The molecule has 0 bridgehead atoms. The van der Waals surface area contributed by atoms with Crippen LogP contribution in [-0.2, 0) is 25.4 Å². The number of rotatable bonds is 3. The molecule has 2 aromatic carbocycles. The fourth-order valence-electron chi connectivity index (χ4n) is 4.51. The van der Waals surface area contributed by atoms with Gasteiger partial charge in [-0.3, -0.25) is 0 Å². The summed E-state index contributed by atoms with van der Waals surface area (Å²) in [6.45, 7) is 4.77. The van der Waals surface area contributed by atoms with Gasteiger partial charge in [0.2, 0.25) is 0 Å². The fourth-order valence-corrected chi connectivity index (χ4v) is 4.51. The fraction of sp³-hybridized carbons (Fsp3) is 0.429. The highest BCUT2D eigenvalue weighted by Gasteiger charge is 2.68. The Morgan fingerprint density at radius 3 is 2.23 bits per heavy atom. The predicted octanol–water partition coefficient (Wildman–Crippen LogP) is 3.20. The number of hydrogen-bond acceptors (Lipinski definition) is 5. The zero-order chi connectivity index (χ0) is 17.9. The van der Waals surface area contributed by atoms with E-state index in [9.17, 15) is 0 Å².